The lowest BCUT2D eigenvalue weighted by atomic mass is 10.0. The summed E-state index contributed by atoms with van der Waals surface area (Å²) in [4.78, 5) is 0. The highest BCUT2D eigenvalue weighted by Crippen LogP contribution is 2.25. The van der Waals surface area contributed by atoms with Crippen LogP contribution in [-0.4, -0.2) is 31.5 Å². The zero-order chi connectivity index (χ0) is 13.9. The van der Waals surface area contributed by atoms with Crippen LogP contribution in [0, 0.1) is 0 Å². The molecule has 0 spiro atoms. The molecule has 0 saturated heterocycles. The summed E-state index contributed by atoms with van der Waals surface area (Å²) in [5.74, 6) is 0. The van der Waals surface area contributed by atoms with E-state index in [0.29, 0.717) is 0 Å². The molecule has 0 bridgehead atoms. The first-order chi connectivity index (χ1) is 9.75. The number of benzene rings is 2. The van der Waals surface area contributed by atoms with Crippen molar-refractivity contribution in [1.82, 2.24) is 15.0 Å². The Labute approximate surface area is 116 Å². The molecule has 0 fully saturated rings. The molecule has 2 N–H and O–H groups in total. The highest BCUT2D eigenvalue weighted by molar-refractivity contribution is 5.74. The van der Waals surface area contributed by atoms with Gasteiger partial charge in [0.2, 0.25) is 0 Å². The maximum Gasteiger partial charge on any atom is 0.153 e. The molecule has 1 aromatic heterocycles. The SMILES string of the molecule is OC(O)CC(c1ccccc1)n1nnc2ccccc21. The van der Waals surface area contributed by atoms with Gasteiger partial charge in [-0.2, -0.15) is 0 Å². The molecule has 1 heterocycles. The van der Waals surface area contributed by atoms with Crippen LogP contribution in [0.15, 0.2) is 54.6 Å². The predicted octanol–water partition coefficient (Wildman–Crippen LogP) is 1.72. The first kappa shape index (κ1) is 12.8. The van der Waals surface area contributed by atoms with Gasteiger partial charge in [0.05, 0.1) is 11.6 Å². The molecule has 0 amide bonds. The second-order valence-electron chi connectivity index (χ2n) is 4.67. The molecular weight excluding hydrogens is 254 g/mol. The maximum atomic E-state index is 9.35. The van der Waals surface area contributed by atoms with E-state index in [1.807, 2.05) is 54.6 Å². The third-order valence-corrected chi connectivity index (χ3v) is 3.29. The van der Waals surface area contributed by atoms with Crippen molar-refractivity contribution in [1.29, 1.82) is 0 Å². The van der Waals surface area contributed by atoms with E-state index in [0.717, 1.165) is 16.6 Å². The van der Waals surface area contributed by atoms with Gasteiger partial charge < -0.3 is 10.2 Å². The van der Waals surface area contributed by atoms with E-state index in [2.05, 4.69) is 10.3 Å². The minimum absolute atomic E-state index is 0.164. The number of fused-ring (bicyclic) bond motifs is 1. The van der Waals surface area contributed by atoms with E-state index in [1.54, 1.807) is 4.68 Å². The minimum atomic E-state index is -1.40. The fraction of sp³-hybridized carbons (Fsp3) is 0.200. The van der Waals surface area contributed by atoms with Crippen molar-refractivity contribution in [2.45, 2.75) is 18.8 Å². The number of rotatable bonds is 4. The topological polar surface area (TPSA) is 71.2 Å². The molecule has 1 atom stereocenters. The third kappa shape index (κ3) is 2.41. The fourth-order valence-corrected chi connectivity index (χ4v) is 2.37. The monoisotopic (exact) mass is 269 g/mol. The third-order valence-electron chi connectivity index (χ3n) is 3.29. The zero-order valence-corrected chi connectivity index (χ0v) is 10.8. The fourth-order valence-electron chi connectivity index (χ4n) is 2.37. The average Bonchev–Trinajstić information content (AvgIpc) is 2.89. The summed E-state index contributed by atoms with van der Waals surface area (Å²) >= 11 is 0. The zero-order valence-electron chi connectivity index (χ0n) is 10.8. The molecule has 20 heavy (non-hydrogen) atoms. The predicted molar refractivity (Wildman–Crippen MR) is 75.0 cm³/mol. The van der Waals surface area contributed by atoms with Gasteiger partial charge in [0.15, 0.2) is 6.29 Å². The normalized spacial score (nSPS) is 12.9. The first-order valence-corrected chi connectivity index (χ1v) is 6.47. The lowest BCUT2D eigenvalue weighted by Crippen LogP contribution is -2.19. The van der Waals surface area contributed by atoms with Crippen LogP contribution in [0.3, 0.4) is 0 Å². The molecule has 5 nitrogen and oxygen atoms in total. The van der Waals surface area contributed by atoms with Crippen molar-refractivity contribution >= 4 is 11.0 Å². The Morgan fingerprint density at radius 3 is 2.40 bits per heavy atom. The summed E-state index contributed by atoms with van der Waals surface area (Å²) < 4.78 is 1.74. The van der Waals surface area contributed by atoms with Gasteiger partial charge in [0.25, 0.3) is 0 Å². The lowest BCUT2D eigenvalue weighted by Gasteiger charge is -2.19. The van der Waals surface area contributed by atoms with Crippen molar-refractivity contribution in [3.05, 3.63) is 60.2 Å². The number of hydrogen-bond donors (Lipinski definition) is 2. The minimum Gasteiger partial charge on any atom is -0.368 e. The van der Waals surface area contributed by atoms with Crippen LogP contribution in [-0.2, 0) is 0 Å². The molecule has 2 aromatic carbocycles. The van der Waals surface area contributed by atoms with Gasteiger partial charge in [-0.1, -0.05) is 47.7 Å². The quantitative estimate of drug-likeness (QED) is 0.707. The van der Waals surface area contributed by atoms with Crippen LogP contribution in [0.25, 0.3) is 11.0 Å². The van der Waals surface area contributed by atoms with Gasteiger partial charge in [-0.25, -0.2) is 4.68 Å². The molecule has 102 valence electrons. The summed E-state index contributed by atoms with van der Waals surface area (Å²) in [6.07, 6.45) is -1.24. The van der Waals surface area contributed by atoms with Crippen LogP contribution in [0.5, 0.6) is 0 Å². The van der Waals surface area contributed by atoms with Gasteiger partial charge in [-0.3, -0.25) is 0 Å². The van der Waals surface area contributed by atoms with Crippen molar-refractivity contribution in [3.63, 3.8) is 0 Å². The highest BCUT2D eigenvalue weighted by Gasteiger charge is 2.20. The van der Waals surface area contributed by atoms with E-state index in [1.165, 1.54) is 0 Å². The number of aliphatic hydroxyl groups is 2. The van der Waals surface area contributed by atoms with E-state index in [-0.39, 0.29) is 12.5 Å². The van der Waals surface area contributed by atoms with Crippen molar-refractivity contribution in [2.75, 3.05) is 0 Å². The van der Waals surface area contributed by atoms with E-state index >= 15 is 0 Å². The molecule has 3 aromatic rings. The Morgan fingerprint density at radius 1 is 0.950 bits per heavy atom. The van der Waals surface area contributed by atoms with Crippen molar-refractivity contribution < 1.29 is 10.2 Å². The molecule has 0 aliphatic rings. The number of aliphatic hydroxyl groups excluding tert-OH is 1. The second kappa shape index (κ2) is 5.40. The van der Waals surface area contributed by atoms with Gasteiger partial charge in [-0.15, -0.1) is 5.10 Å². The average molecular weight is 269 g/mol. The standard InChI is InChI=1S/C15H15N3O2/c19-15(20)10-14(11-6-2-1-3-7-11)18-13-9-5-4-8-12(13)16-17-18/h1-9,14-15,19-20H,10H2. The number of hydrogen-bond acceptors (Lipinski definition) is 4. The molecule has 0 aliphatic heterocycles. The summed E-state index contributed by atoms with van der Waals surface area (Å²) in [5.41, 5.74) is 2.64. The molecule has 0 aliphatic carbocycles. The van der Waals surface area contributed by atoms with Gasteiger partial charge >= 0.3 is 0 Å². The molecular formula is C15H15N3O2. The van der Waals surface area contributed by atoms with E-state index in [9.17, 15) is 10.2 Å². The van der Waals surface area contributed by atoms with Gasteiger partial charge in [0.1, 0.15) is 5.52 Å². The van der Waals surface area contributed by atoms with Crippen LogP contribution in [0.1, 0.15) is 18.0 Å². The van der Waals surface area contributed by atoms with E-state index < -0.39 is 6.29 Å². The van der Waals surface area contributed by atoms with Gasteiger partial charge in [-0.05, 0) is 17.7 Å². The number of para-hydroxylation sites is 1. The van der Waals surface area contributed by atoms with Crippen molar-refractivity contribution in [3.8, 4) is 0 Å². The maximum absolute atomic E-state index is 9.35. The summed E-state index contributed by atoms with van der Waals surface area (Å²) in [6.45, 7) is 0. The molecule has 0 saturated carbocycles. The van der Waals surface area contributed by atoms with Gasteiger partial charge in [0, 0.05) is 6.42 Å². The number of nitrogens with zero attached hydrogens (tertiary/aromatic N) is 3. The van der Waals surface area contributed by atoms with Crippen LogP contribution in [0.4, 0.5) is 0 Å². The summed E-state index contributed by atoms with van der Waals surface area (Å²) in [7, 11) is 0. The molecule has 5 heteroatoms. The highest BCUT2D eigenvalue weighted by atomic mass is 16.5. The molecule has 0 radical (unpaired) electrons. The smallest absolute Gasteiger partial charge is 0.153 e. The Bertz CT molecular complexity index is 694. The first-order valence-electron chi connectivity index (χ1n) is 6.47. The van der Waals surface area contributed by atoms with E-state index in [4.69, 9.17) is 0 Å². The van der Waals surface area contributed by atoms with Crippen LogP contribution in [0.2, 0.25) is 0 Å². The lowest BCUT2D eigenvalue weighted by molar-refractivity contribution is -0.0521. The molecule has 1 unspecified atom stereocenters. The van der Waals surface area contributed by atoms with Crippen LogP contribution >= 0.6 is 0 Å². The second-order valence-corrected chi connectivity index (χ2v) is 4.67. The Morgan fingerprint density at radius 2 is 1.65 bits per heavy atom. The van der Waals surface area contributed by atoms with Crippen molar-refractivity contribution in [2.24, 2.45) is 0 Å². The summed E-state index contributed by atoms with van der Waals surface area (Å²) in [5, 5.41) is 27.0. The largest absolute Gasteiger partial charge is 0.368 e. The summed E-state index contributed by atoms with van der Waals surface area (Å²) in [6, 6.07) is 17.0. The Balaban J connectivity index is 2.09. The Kier molecular flexibility index (Phi) is 3.45. The Hall–Kier alpha value is -2.24. The number of aromatic nitrogens is 3. The molecule has 3 rings (SSSR count). The van der Waals surface area contributed by atoms with Crippen LogP contribution < -0.4 is 0 Å².